The lowest BCUT2D eigenvalue weighted by atomic mass is 9.84. The number of rotatable bonds is 6. The Labute approximate surface area is 141 Å². The van der Waals surface area contributed by atoms with Crippen molar-refractivity contribution in [2.75, 3.05) is 6.54 Å². The minimum Gasteiger partial charge on any atom is -0.458 e. The molecule has 7 heteroatoms. The van der Waals surface area contributed by atoms with E-state index < -0.39 is 5.60 Å². The van der Waals surface area contributed by atoms with Crippen molar-refractivity contribution in [1.82, 2.24) is 15.0 Å². The third kappa shape index (κ3) is 3.16. The Hall–Kier alpha value is -1.92. The van der Waals surface area contributed by atoms with Crippen LogP contribution in [0.15, 0.2) is 4.52 Å². The quantitative estimate of drug-likeness (QED) is 0.741. The second kappa shape index (κ2) is 6.91. The summed E-state index contributed by atoms with van der Waals surface area (Å²) in [6, 6.07) is 0. The van der Waals surface area contributed by atoms with Crippen LogP contribution in [0.25, 0.3) is 0 Å². The van der Waals surface area contributed by atoms with Crippen molar-refractivity contribution in [3.05, 3.63) is 11.7 Å². The Kier molecular flexibility index (Phi) is 4.87. The minimum absolute atomic E-state index is 0.0351. The lowest BCUT2D eigenvalue weighted by molar-refractivity contribution is -0.151. The zero-order chi connectivity index (χ0) is 17.2. The van der Waals surface area contributed by atoms with Crippen molar-refractivity contribution < 1.29 is 18.8 Å². The molecule has 1 aliphatic heterocycles. The van der Waals surface area contributed by atoms with Gasteiger partial charge in [0.05, 0.1) is 18.9 Å². The standard InChI is InChI=1S/C17H25N3O4/c1-3-7-14-18-13(19-24-14)11-20(4-2)16(22)12-10-15(21)23-17(12)8-5-6-9-17/h12H,3-11H2,1-2H3/t12-/m0/s1. The molecule has 0 radical (unpaired) electrons. The van der Waals surface area contributed by atoms with Gasteiger partial charge < -0.3 is 14.2 Å². The smallest absolute Gasteiger partial charge is 0.307 e. The summed E-state index contributed by atoms with van der Waals surface area (Å²) in [5.41, 5.74) is -0.577. The number of ether oxygens (including phenoxy) is 1. The molecule has 7 nitrogen and oxygen atoms in total. The number of amides is 1. The van der Waals surface area contributed by atoms with E-state index in [-0.39, 0.29) is 24.2 Å². The molecular formula is C17H25N3O4. The van der Waals surface area contributed by atoms with Gasteiger partial charge in [0.25, 0.3) is 0 Å². The van der Waals surface area contributed by atoms with Crippen molar-refractivity contribution in [1.29, 1.82) is 0 Å². The second-order valence-electron chi connectivity index (χ2n) is 6.71. The highest BCUT2D eigenvalue weighted by molar-refractivity contribution is 5.88. The summed E-state index contributed by atoms with van der Waals surface area (Å²) in [7, 11) is 0. The second-order valence-corrected chi connectivity index (χ2v) is 6.71. The van der Waals surface area contributed by atoms with Gasteiger partial charge >= 0.3 is 5.97 Å². The third-order valence-electron chi connectivity index (χ3n) is 5.07. The Morgan fingerprint density at radius 3 is 2.75 bits per heavy atom. The van der Waals surface area contributed by atoms with E-state index in [2.05, 4.69) is 10.1 Å². The molecule has 2 aliphatic rings. The molecule has 132 valence electrons. The highest BCUT2D eigenvalue weighted by atomic mass is 16.6. The molecule has 1 spiro atoms. The molecule has 1 atom stereocenters. The maximum Gasteiger partial charge on any atom is 0.307 e. The van der Waals surface area contributed by atoms with Crippen LogP contribution in [0.4, 0.5) is 0 Å². The van der Waals surface area contributed by atoms with E-state index in [0.717, 1.165) is 38.5 Å². The number of aryl methyl sites for hydroxylation is 1. The van der Waals surface area contributed by atoms with Crippen LogP contribution < -0.4 is 0 Å². The molecule has 0 unspecified atom stereocenters. The van der Waals surface area contributed by atoms with Gasteiger partial charge in [0.15, 0.2) is 5.82 Å². The van der Waals surface area contributed by atoms with E-state index in [9.17, 15) is 9.59 Å². The van der Waals surface area contributed by atoms with Crippen LogP contribution in [0.3, 0.4) is 0 Å². The number of hydrogen-bond donors (Lipinski definition) is 0. The molecule has 1 amide bonds. The first-order valence-electron chi connectivity index (χ1n) is 8.90. The Morgan fingerprint density at radius 1 is 1.33 bits per heavy atom. The van der Waals surface area contributed by atoms with Crippen molar-refractivity contribution in [3.63, 3.8) is 0 Å². The van der Waals surface area contributed by atoms with Gasteiger partial charge in [-0.1, -0.05) is 12.1 Å². The van der Waals surface area contributed by atoms with Gasteiger partial charge in [-0.15, -0.1) is 0 Å². The van der Waals surface area contributed by atoms with E-state index in [1.165, 1.54) is 0 Å². The molecule has 3 rings (SSSR count). The van der Waals surface area contributed by atoms with Crippen LogP contribution in [0.5, 0.6) is 0 Å². The highest BCUT2D eigenvalue weighted by Gasteiger charge is 2.54. The Bertz CT molecular complexity index is 607. The van der Waals surface area contributed by atoms with Gasteiger partial charge in [-0.3, -0.25) is 9.59 Å². The molecule has 1 saturated heterocycles. The van der Waals surface area contributed by atoms with E-state index in [1.807, 2.05) is 13.8 Å². The van der Waals surface area contributed by atoms with Crippen LogP contribution in [-0.2, 0) is 27.3 Å². The van der Waals surface area contributed by atoms with Gasteiger partial charge in [0.2, 0.25) is 11.8 Å². The number of carbonyl (C=O) groups is 2. The number of esters is 1. The van der Waals surface area contributed by atoms with Gasteiger partial charge in [-0.2, -0.15) is 4.98 Å². The van der Waals surface area contributed by atoms with Crippen LogP contribution in [-0.4, -0.2) is 39.1 Å². The fraction of sp³-hybridized carbons (Fsp3) is 0.765. The summed E-state index contributed by atoms with van der Waals surface area (Å²) in [5.74, 6) is 0.444. The van der Waals surface area contributed by atoms with Crippen LogP contribution in [0.2, 0.25) is 0 Å². The zero-order valence-electron chi connectivity index (χ0n) is 14.4. The van der Waals surface area contributed by atoms with Gasteiger partial charge in [0.1, 0.15) is 5.60 Å². The molecule has 1 aromatic heterocycles. The predicted molar refractivity (Wildman–Crippen MR) is 84.8 cm³/mol. The SMILES string of the molecule is CCCc1nc(CN(CC)C(=O)[C@@H]2CC(=O)OC23CCCC3)no1. The fourth-order valence-electron chi connectivity index (χ4n) is 3.83. The number of aromatic nitrogens is 2. The fourth-order valence-corrected chi connectivity index (χ4v) is 3.83. The summed E-state index contributed by atoms with van der Waals surface area (Å²) in [4.78, 5) is 30.9. The monoisotopic (exact) mass is 335 g/mol. The largest absolute Gasteiger partial charge is 0.458 e. The van der Waals surface area contributed by atoms with Gasteiger partial charge in [0, 0.05) is 13.0 Å². The molecule has 24 heavy (non-hydrogen) atoms. The lowest BCUT2D eigenvalue weighted by Crippen LogP contribution is -2.44. The molecule has 0 bridgehead atoms. The highest BCUT2D eigenvalue weighted by Crippen LogP contribution is 2.46. The Balaban J connectivity index is 1.72. The molecule has 0 N–H and O–H groups in total. The van der Waals surface area contributed by atoms with Crippen molar-refractivity contribution in [2.24, 2.45) is 5.92 Å². The summed E-state index contributed by atoms with van der Waals surface area (Å²) < 4.78 is 10.8. The topological polar surface area (TPSA) is 85.5 Å². The van der Waals surface area contributed by atoms with E-state index in [1.54, 1.807) is 4.90 Å². The van der Waals surface area contributed by atoms with Crippen LogP contribution in [0, 0.1) is 5.92 Å². The molecule has 0 aromatic carbocycles. The predicted octanol–water partition coefficient (Wildman–Crippen LogP) is 2.25. The molecule has 1 aliphatic carbocycles. The van der Waals surface area contributed by atoms with Crippen LogP contribution >= 0.6 is 0 Å². The molecule has 1 saturated carbocycles. The maximum absolute atomic E-state index is 13.0. The summed E-state index contributed by atoms with van der Waals surface area (Å²) in [6.45, 7) is 4.81. The average molecular weight is 335 g/mol. The summed E-state index contributed by atoms with van der Waals surface area (Å²) in [5, 5.41) is 3.96. The normalized spacial score (nSPS) is 22.1. The number of nitrogens with zero attached hydrogens (tertiary/aromatic N) is 3. The lowest BCUT2D eigenvalue weighted by Gasteiger charge is -2.31. The van der Waals surface area contributed by atoms with E-state index >= 15 is 0 Å². The van der Waals surface area contributed by atoms with Crippen molar-refractivity contribution in [3.8, 4) is 0 Å². The first-order chi connectivity index (χ1) is 11.6. The van der Waals surface area contributed by atoms with Crippen molar-refractivity contribution >= 4 is 11.9 Å². The molecule has 1 aromatic rings. The Morgan fingerprint density at radius 2 is 2.08 bits per heavy atom. The zero-order valence-corrected chi connectivity index (χ0v) is 14.4. The average Bonchev–Trinajstić information content (AvgIpc) is 3.27. The van der Waals surface area contributed by atoms with Crippen LogP contribution in [0.1, 0.15) is 64.1 Å². The molecule has 2 heterocycles. The van der Waals surface area contributed by atoms with E-state index in [0.29, 0.717) is 24.8 Å². The van der Waals surface area contributed by atoms with Crippen molar-refractivity contribution in [2.45, 2.75) is 70.9 Å². The number of carbonyl (C=O) groups excluding carboxylic acids is 2. The molecule has 2 fully saturated rings. The van der Waals surface area contributed by atoms with Gasteiger partial charge in [-0.25, -0.2) is 0 Å². The third-order valence-corrected chi connectivity index (χ3v) is 5.07. The molecular weight excluding hydrogens is 310 g/mol. The summed E-state index contributed by atoms with van der Waals surface area (Å²) >= 11 is 0. The summed E-state index contributed by atoms with van der Waals surface area (Å²) in [6.07, 6.45) is 5.44. The first-order valence-corrected chi connectivity index (χ1v) is 8.90. The van der Waals surface area contributed by atoms with E-state index in [4.69, 9.17) is 9.26 Å². The number of hydrogen-bond acceptors (Lipinski definition) is 6. The minimum atomic E-state index is -0.577. The van der Waals surface area contributed by atoms with Gasteiger partial charge in [-0.05, 0) is 39.0 Å². The first kappa shape index (κ1) is 16.9. The maximum atomic E-state index is 13.0.